The number of hydrogen-bond acceptors (Lipinski definition) is 6. The van der Waals surface area contributed by atoms with Crippen LogP contribution in [-0.2, 0) is 9.53 Å². The molecule has 1 aromatic carbocycles. The molecular formula is C26H31N3O5. The van der Waals surface area contributed by atoms with E-state index in [2.05, 4.69) is 24.1 Å². The SMILES string of the molecule is CC(=O)Nc1cc(C(=O)N2CCC3(CC2)CO[C@@H]2c4cccc(O)c4OC(C)(C)[C@H]2C3)ccn1. The number of nitrogens with zero attached hydrogens (tertiary/aromatic N) is 2. The van der Waals surface area contributed by atoms with Crippen LogP contribution in [0.4, 0.5) is 5.82 Å². The number of phenols is 1. The van der Waals surface area contributed by atoms with E-state index in [9.17, 15) is 14.7 Å². The highest BCUT2D eigenvalue weighted by atomic mass is 16.5. The van der Waals surface area contributed by atoms with Crippen LogP contribution in [0, 0.1) is 11.3 Å². The summed E-state index contributed by atoms with van der Waals surface area (Å²) in [5.41, 5.74) is 0.952. The minimum absolute atomic E-state index is 0.00745. The molecule has 8 nitrogen and oxygen atoms in total. The van der Waals surface area contributed by atoms with Gasteiger partial charge in [0.05, 0.1) is 12.7 Å². The second-order valence-electron chi connectivity index (χ2n) is 10.3. The monoisotopic (exact) mass is 465 g/mol. The van der Waals surface area contributed by atoms with Gasteiger partial charge in [0, 0.05) is 43.3 Å². The maximum absolute atomic E-state index is 13.1. The molecule has 0 unspecified atom stereocenters. The number of anilines is 1. The normalized spacial score (nSPS) is 24.5. The summed E-state index contributed by atoms with van der Waals surface area (Å²) in [6, 6.07) is 8.76. The number of ether oxygens (including phenoxy) is 2. The van der Waals surface area contributed by atoms with Crippen molar-refractivity contribution in [1.82, 2.24) is 9.88 Å². The zero-order valence-electron chi connectivity index (χ0n) is 19.8. The molecule has 0 radical (unpaired) electrons. The molecule has 180 valence electrons. The van der Waals surface area contributed by atoms with E-state index in [1.54, 1.807) is 24.4 Å². The maximum atomic E-state index is 13.1. The lowest BCUT2D eigenvalue weighted by Gasteiger charge is -2.54. The lowest BCUT2D eigenvalue weighted by Crippen LogP contribution is -2.54. The van der Waals surface area contributed by atoms with Crippen molar-refractivity contribution in [2.45, 2.75) is 51.7 Å². The molecule has 0 bridgehead atoms. The molecule has 2 N–H and O–H groups in total. The molecule has 4 heterocycles. The Morgan fingerprint density at radius 3 is 2.71 bits per heavy atom. The van der Waals surface area contributed by atoms with Crippen LogP contribution >= 0.6 is 0 Å². The first-order valence-electron chi connectivity index (χ1n) is 11.8. The van der Waals surface area contributed by atoms with E-state index < -0.39 is 5.60 Å². The van der Waals surface area contributed by atoms with Crippen molar-refractivity contribution in [3.05, 3.63) is 47.7 Å². The predicted molar refractivity (Wildman–Crippen MR) is 126 cm³/mol. The van der Waals surface area contributed by atoms with Gasteiger partial charge in [-0.15, -0.1) is 0 Å². The Bertz CT molecular complexity index is 1120. The van der Waals surface area contributed by atoms with Gasteiger partial charge in [-0.2, -0.15) is 0 Å². The zero-order valence-corrected chi connectivity index (χ0v) is 19.8. The molecule has 3 aliphatic heterocycles. The quantitative estimate of drug-likeness (QED) is 0.697. The number of rotatable bonds is 2. The second kappa shape index (κ2) is 8.27. The van der Waals surface area contributed by atoms with E-state index in [1.165, 1.54) is 6.92 Å². The first-order valence-corrected chi connectivity index (χ1v) is 11.8. The van der Waals surface area contributed by atoms with Crippen LogP contribution in [0.5, 0.6) is 11.5 Å². The number of amides is 2. The summed E-state index contributed by atoms with van der Waals surface area (Å²) in [4.78, 5) is 30.4. The minimum Gasteiger partial charge on any atom is -0.504 e. The zero-order chi connectivity index (χ0) is 24.1. The number of fused-ring (bicyclic) bond motifs is 3. The van der Waals surface area contributed by atoms with Crippen LogP contribution in [-0.4, -0.2) is 52.1 Å². The van der Waals surface area contributed by atoms with Crippen molar-refractivity contribution >= 4 is 17.6 Å². The van der Waals surface area contributed by atoms with Gasteiger partial charge in [-0.05, 0) is 56.7 Å². The van der Waals surface area contributed by atoms with Crippen LogP contribution in [0.15, 0.2) is 36.5 Å². The first-order chi connectivity index (χ1) is 16.2. The van der Waals surface area contributed by atoms with Crippen molar-refractivity contribution in [3.63, 3.8) is 0 Å². The summed E-state index contributed by atoms with van der Waals surface area (Å²) >= 11 is 0. The highest BCUT2D eigenvalue weighted by molar-refractivity contribution is 5.96. The predicted octanol–water partition coefficient (Wildman–Crippen LogP) is 3.92. The third-order valence-corrected chi connectivity index (χ3v) is 7.60. The van der Waals surface area contributed by atoms with Gasteiger partial charge < -0.3 is 24.8 Å². The highest BCUT2D eigenvalue weighted by Gasteiger charge is 2.53. The average Bonchev–Trinajstić information content (AvgIpc) is 2.80. The van der Waals surface area contributed by atoms with Crippen LogP contribution in [0.1, 0.15) is 62.1 Å². The smallest absolute Gasteiger partial charge is 0.254 e. The summed E-state index contributed by atoms with van der Waals surface area (Å²) in [6.07, 6.45) is 4.09. The van der Waals surface area contributed by atoms with E-state index in [0.717, 1.165) is 24.8 Å². The second-order valence-corrected chi connectivity index (χ2v) is 10.3. The van der Waals surface area contributed by atoms with Crippen molar-refractivity contribution in [2.24, 2.45) is 11.3 Å². The van der Waals surface area contributed by atoms with Crippen molar-refractivity contribution in [3.8, 4) is 11.5 Å². The average molecular weight is 466 g/mol. The van der Waals surface area contributed by atoms with Crippen LogP contribution in [0.2, 0.25) is 0 Å². The molecule has 2 atom stereocenters. The summed E-state index contributed by atoms with van der Waals surface area (Å²) in [5.74, 6) is 0.936. The number of carbonyl (C=O) groups excluding carboxylic acids is 2. The number of nitrogens with one attached hydrogen (secondary N) is 1. The molecule has 2 saturated heterocycles. The van der Waals surface area contributed by atoms with E-state index in [0.29, 0.717) is 36.8 Å². The maximum Gasteiger partial charge on any atom is 0.254 e. The summed E-state index contributed by atoms with van der Waals surface area (Å²) in [6.45, 7) is 7.47. The molecule has 3 aliphatic rings. The van der Waals surface area contributed by atoms with Gasteiger partial charge in [-0.3, -0.25) is 9.59 Å². The lowest BCUT2D eigenvalue weighted by atomic mass is 9.64. The van der Waals surface area contributed by atoms with Crippen molar-refractivity contribution < 1.29 is 24.2 Å². The number of pyridine rings is 1. The first kappa shape index (κ1) is 22.7. The van der Waals surface area contributed by atoms with Crippen LogP contribution in [0.25, 0.3) is 0 Å². The number of benzene rings is 1. The Morgan fingerprint density at radius 1 is 1.21 bits per heavy atom. The third kappa shape index (κ3) is 4.00. The fourth-order valence-corrected chi connectivity index (χ4v) is 5.68. The molecule has 1 aromatic heterocycles. The van der Waals surface area contributed by atoms with Gasteiger partial charge in [0.25, 0.3) is 5.91 Å². The third-order valence-electron chi connectivity index (χ3n) is 7.60. The number of piperidine rings is 1. The number of aromatic nitrogens is 1. The number of hydrogen-bond donors (Lipinski definition) is 2. The van der Waals surface area contributed by atoms with Gasteiger partial charge in [-0.25, -0.2) is 4.98 Å². The van der Waals surface area contributed by atoms with Gasteiger partial charge in [0.15, 0.2) is 11.5 Å². The molecule has 0 aliphatic carbocycles. The molecule has 1 spiro atoms. The van der Waals surface area contributed by atoms with Gasteiger partial charge in [-0.1, -0.05) is 12.1 Å². The van der Waals surface area contributed by atoms with Crippen LogP contribution < -0.4 is 10.1 Å². The van der Waals surface area contributed by atoms with E-state index >= 15 is 0 Å². The van der Waals surface area contributed by atoms with Gasteiger partial charge >= 0.3 is 0 Å². The van der Waals surface area contributed by atoms with Crippen molar-refractivity contribution in [2.75, 3.05) is 25.0 Å². The molecule has 0 saturated carbocycles. The summed E-state index contributed by atoms with van der Waals surface area (Å²) in [7, 11) is 0. The molecule has 8 heteroatoms. The Morgan fingerprint density at radius 2 is 1.97 bits per heavy atom. The molecule has 2 amide bonds. The van der Waals surface area contributed by atoms with Crippen molar-refractivity contribution in [1.29, 1.82) is 0 Å². The molecule has 2 aromatic rings. The van der Waals surface area contributed by atoms with Gasteiger partial charge in [0.1, 0.15) is 11.4 Å². The Kier molecular flexibility index (Phi) is 5.51. The molecule has 2 fully saturated rings. The topological polar surface area (TPSA) is 101 Å². The Balaban J connectivity index is 1.29. The van der Waals surface area contributed by atoms with Gasteiger partial charge in [0.2, 0.25) is 5.91 Å². The minimum atomic E-state index is -0.478. The molecule has 34 heavy (non-hydrogen) atoms. The number of para-hydroxylation sites is 1. The number of aromatic hydroxyl groups is 1. The Hall–Kier alpha value is -3.13. The Labute approximate surface area is 199 Å². The van der Waals surface area contributed by atoms with E-state index in [1.807, 2.05) is 17.0 Å². The summed E-state index contributed by atoms with van der Waals surface area (Å²) < 4.78 is 12.8. The highest BCUT2D eigenvalue weighted by Crippen LogP contribution is 2.56. The van der Waals surface area contributed by atoms with Crippen LogP contribution in [0.3, 0.4) is 0 Å². The van der Waals surface area contributed by atoms with E-state index in [4.69, 9.17) is 9.47 Å². The summed E-state index contributed by atoms with van der Waals surface area (Å²) in [5, 5.41) is 12.9. The standard InChI is InChI=1S/C26H31N3O5/c1-16(30)28-21-13-17(7-10-27-21)24(32)29-11-8-26(9-12-29)14-19-22(33-15-26)18-5-4-6-20(31)23(18)34-25(19,2)3/h4-7,10,13,19,22,31H,8-9,11-12,14-15H2,1-3H3,(H,27,28,30)/t19-,22+/m0/s1. The number of carbonyl (C=O) groups is 2. The fourth-order valence-electron chi connectivity index (χ4n) is 5.68. The molecule has 5 rings (SSSR count). The van der Waals surface area contributed by atoms with E-state index in [-0.39, 0.29) is 35.0 Å². The fraction of sp³-hybridized carbons (Fsp3) is 0.500. The number of phenolic OH excluding ortho intramolecular Hbond substituents is 1. The molecular weight excluding hydrogens is 434 g/mol. The number of likely N-dealkylation sites (tertiary alicyclic amines) is 1. The lowest BCUT2D eigenvalue weighted by molar-refractivity contribution is -0.173. The largest absolute Gasteiger partial charge is 0.504 e.